The van der Waals surface area contributed by atoms with E-state index in [1.54, 1.807) is 11.3 Å². The van der Waals surface area contributed by atoms with E-state index in [0.29, 0.717) is 0 Å². The van der Waals surface area contributed by atoms with Gasteiger partial charge in [0.15, 0.2) is 0 Å². The Morgan fingerprint density at radius 2 is 1.83 bits per heavy atom. The van der Waals surface area contributed by atoms with Gasteiger partial charge in [0.25, 0.3) is 5.01 Å². The molecule has 150 valence electrons. The van der Waals surface area contributed by atoms with E-state index in [1.807, 2.05) is 16.7 Å². The number of hydrogen-bond donors (Lipinski definition) is 1. The van der Waals surface area contributed by atoms with Gasteiger partial charge in [0.2, 0.25) is 12.1 Å². The molecule has 0 radical (unpaired) electrons. The molecular weight excluding hydrogens is 384 g/mol. The van der Waals surface area contributed by atoms with Gasteiger partial charge in [-0.05, 0) is 54.8 Å². The number of anilines is 1. The number of fused-ring (bicyclic) bond motifs is 1. The number of thiazole rings is 1. The van der Waals surface area contributed by atoms with Crippen LogP contribution in [0.5, 0.6) is 0 Å². The van der Waals surface area contributed by atoms with E-state index in [1.165, 1.54) is 16.8 Å². The second kappa shape index (κ2) is 8.35. The summed E-state index contributed by atoms with van der Waals surface area (Å²) in [7, 11) is 0. The van der Waals surface area contributed by atoms with Gasteiger partial charge in [-0.3, -0.25) is 0 Å². The van der Waals surface area contributed by atoms with Crippen molar-refractivity contribution in [2.75, 3.05) is 31.2 Å². The average molecular weight is 410 g/mol. The number of carboxylic acids is 1. The number of morpholine rings is 1. The number of ether oxygens (including phenoxy) is 1. The number of nitrogens with zero attached hydrogens (tertiary/aromatic N) is 2. The largest absolute Gasteiger partial charge is 0.477 e. The third-order valence-electron chi connectivity index (χ3n) is 5.33. The molecule has 1 fully saturated rings. The number of aryl methyl sites for hydroxylation is 2. The minimum atomic E-state index is -0.836. The monoisotopic (exact) mass is 409 g/mol. The molecule has 6 heteroatoms. The summed E-state index contributed by atoms with van der Waals surface area (Å²) in [4.78, 5) is 13.8. The van der Waals surface area contributed by atoms with Crippen LogP contribution in [0.3, 0.4) is 0 Å². The number of rotatable bonds is 5. The van der Waals surface area contributed by atoms with Gasteiger partial charge in [0.05, 0.1) is 13.2 Å². The fourth-order valence-corrected chi connectivity index (χ4v) is 4.71. The van der Waals surface area contributed by atoms with Gasteiger partial charge in [0, 0.05) is 30.9 Å². The molecule has 0 spiro atoms. The first-order chi connectivity index (χ1) is 14.0. The Balaban J connectivity index is 1.62. The SMILES string of the molecule is Cc1cc2sc(C=Cc3ccc(N4CCOCC4)cc3)[n+](CC(=O)O)c2cc1C. The van der Waals surface area contributed by atoms with Crippen molar-refractivity contribution in [1.82, 2.24) is 0 Å². The molecule has 29 heavy (non-hydrogen) atoms. The average Bonchev–Trinajstić information content (AvgIpc) is 3.03. The second-order valence-corrected chi connectivity index (χ2v) is 8.41. The normalized spacial score (nSPS) is 14.8. The highest BCUT2D eigenvalue weighted by Crippen LogP contribution is 2.26. The van der Waals surface area contributed by atoms with Crippen LogP contribution in [0.15, 0.2) is 36.4 Å². The van der Waals surface area contributed by atoms with Gasteiger partial charge in [-0.2, -0.15) is 4.57 Å². The van der Waals surface area contributed by atoms with Crippen molar-refractivity contribution >= 4 is 45.4 Å². The van der Waals surface area contributed by atoms with Crippen LogP contribution in [-0.4, -0.2) is 37.4 Å². The van der Waals surface area contributed by atoms with Crippen LogP contribution in [0.1, 0.15) is 21.7 Å². The predicted octanol–water partition coefficient (Wildman–Crippen LogP) is 3.90. The molecule has 0 atom stereocenters. The Morgan fingerprint density at radius 3 is 2.52 bits per heavy atom. The summed E-state index contributed by atoms with van der Waals surface area (Å²) in [5, 5.41) is 10.3. The lowest BCUT2D eigenvalue weighted by atomic mass is 10.1. The maximum atomic E-state index is 11.4. The standard InChI is InChI=1S/C23H24N2O3S/c1-16-13-20-21(14-17(16)2)29-22(25(20)15-23(26)27)8-5-18-3-6-19(7-4-18)24-9-11-28-12-10-24/h3-8,13-14H,9-12,15H2,1-2H3/p+1. The van der Waals surface area contributed by atoms with E-state index >= 15 is 0 Å². The van der Waals surface area contributed by atoms with Crippen molar-refractivity contribution in [2.24, 2.45) is 0 Å². The molecule has 0 bridgehead atoms. The molecule has 0 saturated carbocycles. The molecular formula is C23H25N2O3S+. The van der Waals surface area contributed by atoms with Crippen LogP contribution in [-0.2, 0) is 16.1 Å². The molecule has 1 aliphatic rings. The summed E-state index contributed by atoms with van der Waals surface area (Å²) in [6, 6.07) is 12.7. The molecule has 4 rings (SSSR count). The summed E-state index contributed by atoms with van der Waals surface area (Å²) >= 11 is 1.62. The fourth-order valence-electron chi connectivity index (χ4n) is 3.56. The van der Waals surface area contributed by atoms with Crippen molar-refractivity contribution < 1.29 is 19.2 Å². The molecule has 5 nitrogen and oxygen atoms in total. The number of hydrogen-bond acceptors (Lipinski definition) is 4. The predicted molar refractivity (Wildman–Crippen MR) is 118 cm³/mol. The quantitative estimate of drug-likeness (QED) is 0.650. The number of carbonyl (C=O) groups is 1. The lowest BCUT2D eigenvalue weighted by Crippen LogP contribution is -2.39. The fraction of sp³-hybridized carbons (Fsp3) is 0.304. The maximum absolute atomic E-state index is 11.4. The summed E-state index contributed by atoms with van der Waals surface area (Å²) in [6.07, 6.45) is 4.06. The van der Waals surface area contributed by atoms with E-state index in [0.717, 1.165) is 47.1 Å². The molecule has 1 saturated heterocycles. The molecule has 0 amide bonds. The lowest BCUT2D eigenvalue weighted by Gasteiger charge is -2.28. The number of aliphatic carboxylic acids is 1. The number of benzene rings is 2. The smallest absolute Gasteiger partial charge is 0.370 e. The Hall–Kier alpha value is -2.70. The van der Waals surface area contributed by atoms with E-state index in [-0.39, 0.29) is 6.54 Å². The first-order valence-corrected chi connectivity index (χ1v) is 10.6. The summed E-state index contributed by atoms with van der Waals surface area (Å²) in [6.45, 7) is 7.49. The summed E-state index contributed by atoms with van der Waals surface area (Å²) < 4.78 is 8.41. The summed E-state index contributed by atoms with van der Waals surface area (Å²) in [5.41, 5.74) is 5.66. The highest BCUT2D eigenvalue weighted by atomic mass is 32.1. The lowest BCUT2D eigenvalue weighted by molar-refractivity contribution is -0.657. The first kappa shape index (κ1) is 19.6. The zero-order valence-corrected chi connectivity index (χ0v) is 17.5. The molecule has 2 aromatic carbocycles. The van der Waals surface area contributed by atoms with Crippen molar-refractivity contribution in [3.05, 3.63) is 58.1 Å². The minimum Gasteiger partial charge on any atom is -0.477 e. The molecule has 2 heterocycles. The topological polar surface area (TPSA) is 53.7 Å². The van der Waals surface area contributed by atoms with Crippen LogP contribution in [0.4, 0.5) is 5.69 Å². The van der Waals surface area contributed by atoms with Gasteiger partial charge in [0.1, 0.15) is 4.70 Å². The van der Waals surface area contributed by atoms with Gasteiger partial charge in [-0.15, -0.1) is 0 Å². The zero-order valence-electron chi connectivity index (χ0n) is 16.7. The summed E-state index contributed by atoms with van der Waals surface area (Å²) in [5.74, 6) is -0.836. The molecule has 1 aliphatic heterocycles. The molecule has 1 N–H and O–H groups in total. The van der Waals surface area contributed by atoms with E-state index in [4.69, 9.17) is 4.74 Å². The highest BCUT2D eigenvalue weighted by molar-refractivity contribution is 7.18. The zero-order chi connectivity index (χ0) is 20.4. The molecule has 0 unspecified atom stereocenters. The van der Waals surface area contributed by atoms with E-state index in [9.17, 15) is 9.90 Å². The Bertz CT molecular complexity index is 1060. The third kappa shape index (κ3) is 4.33. The third-order valence-corrected chi connectivity index (χ3v) is 6.44. The maximum Gasteiger partial charge on any atom is 0.370 e. The second-order valence-electron chi connectivity index (χ2n) is 7.35. The first-order valence-electron chi connectivity index (χ1n) is 9.77. The highest BCUT2D eigenvalue weighted by Gasteiger charge is 2.22. The van der Waals surface area contributed by atoms with E-state index < -0.39 is 5.97 Å². The molecule has 3 aromatic rings. The molecule has 0 aliphatic carbocycles. The van der Waals surface area contributed by atoms with Gasteiger partial charge in [-0.1, -0.05) is 23.5 Å². The van der Waals surface area contributed by atoms with Gasteiger partial charge < -0.3 is 14.7 Å². The Kier molecular flexibility index (Phi) is 5.65. The van der Waals surface area contributed by atoms with Crippen LogP contribution in [0.2, 0.25) is 0 Å². The number of carboxylic acid groups (broad SMARTS) is 1. The van der Waals surface area contributed by atoms with Gasteiger partial charge >= 0.3 is 5.97 Å². The van der Waals surface area contributed by atoms with Crippen LogP contribution in [0, 0.1) is 13.8 Å². The number of aromatic nitrogens is 1. The van der Waals surface area contributed by atoms with E-state index in [2.05, 4.69) is 55.1 Å². The van der Waals surface area contributed by atoms with Crippen LogP contribution < -0.4 is 9.47 Å². The van der Waals surface area contributed by atoms with Gasteiger partial charge in [-0.25, -0.2) is 4.79 Å². The van der Waals surface area contributed by atoms with Crippen LogP contribution >= 0.6 is 11.3 Å². The minimum absolute atomic E-state index is 0.0435. The van der Waals surface area contributed by atoms with Crippen molar-refractivity contribution in [2.45, 2.75) is 20.4 Å². The Morgan fingerprint density at radius 1 is 1.14 bits per heavy atom. The van der Waals surface area contributed by atoms with Crippen LogP contribution in [0.25, 0.3) is 22.4 Å². The molecule has 1 aromatic heterocycles. The van der Waals surface area contributed by atoms with Crippen molar-refractivity contribution in [3.63, 3.8) is 0 Å². The van der Waals surface area contributed by atoms with Crippen molar-refractivity contribution in [3.8, 4) is 0 Å². The Labute approximate surface area is 174 Å². The van der Waals surface area contributed by atoms with Crippen molar-refractivity contribution in [1.29, 1.82) is 0 Å².